The summed E-state index contributed by atoms with van der Waals surface area (Å²) in [5.74, 6) is 1.98. The Balaban J connectivity index is 1.65. The fourth-order valence-electron chi connectivity index (χ4n) is 3.28. The van der Waals surface area contributed by atoms with E-state index in [0.717, 1.165) is 26.1 Å². The molecule has 0 amide bonds. The van der Waals surface area contributed by atoms with Crippen LogP contribution in [-0.2, 0) is 4.74 Å². The first-order valence-electron chi connectivity index (χ1n) is 9.38. The number of rotatable bonds is 9. The summed E-state index contributed by atoms with van der Waals surface area (Å²) in [6.45, 7) is 9.13. The van der Waals surface area contributed by atoms with Crippen LogP contribution >= 0.6 is 0 Å². The first-order chi connectivity index (χ1) is 12.7. The Kier molecular flexibility index (Phi) is 6.56. The van der Waals surface area contributed by atoms with E-state index in [1.165, 1.54) is 19.4 Å². The SMILES string of the molecule is COCCCNc1nc2nonc2nc1NC[C@@H]1CCCN(C(C)C)C1. The second kappa shape index (κ2) is 9.09. The molecule has 0 unspecified atom stereocenters. The minimum Gasteiger partial charge on any atom is -0.385 e. The van der Waals surface area contributed by atoms with E-state index in [9.17, 15) is 0 Å². The van der Waals surface area contributed by atoms with E-state index in [1.807, 2.05) is 0 Å². The van der Waals surface area contributed by atoms with E-state index in [2.05, 4.69) is 49.7 Å². The third-order valence-corrected chi connectivity index (χ3v) is 4.77. The highest BCUT2D eigenvalue weighted by Crippen LogP contribution is 2.22. The highest BCUT2D eigenvalue weighted by atomic mass is 16.6. The van der Waals surface area contributed by atoms with Gasteiger partial charge in [0.25, 0.3) is 0 Å². The molecule has 3 heterocycles. The number of hydrogen-bond acceptors (Lipinski definition) is 9. The highest BCUT2D eigenvalue weighted by Gasteiger charge is 2.22. The van der Waals surface area contributed by atoms with E-state index in [4.69, 9.17) is 9.37 Å². The predicted octanol–water partition coefficient (Wildman–Crippen LogP) is 1.99. The fraction of sp³-hybridized carbons (Fsp3) is 0.765. The van der Waals surface area contributed by atoms with Gasteiger partial charge in [0.1, 0.15) is 0 Å². The van der Waals surface area contributed by atoms with Crippen molar-refractivity contribution in [3.8, 4) is 0 Å². The van der Waals surface area contributed by atoms with Gasteiger partial charge in [0.15, 0.2) is 11.6 Å². The predicted molar refractivity (Wildman–Crippen MR) is 100 cm³/mol. The Hall–Kier alpha value is -2.00. The molecule has 1 aliphatic heterocycles. The molecule has 26 heavy (non-hydrogen) atoms. The van der Waals surface area contributed by atoms with Crippen molar-refractivity contribution in [2.24, 2.45) is 5.92 Å². The number of nitrogens with one attached hydrogen (secondary N) is 2. The molecule has 2 N–H and O–H groups in total. The van der Waals surface area contributed by atoms with Crippen LogP contribution in [-0.4, -0.2) is 71.1 Å². The van der Waals surface area contributed by atoms with Crippen LogP contribution in [0.1, 0.15) is 33.1 Å². The maximum atomic E-state index is 5.09. The molecule has 1 fully saturated rings. The maximum absolute atomic E-state index is 5.09. The summed E-state index contributed by atoms with van der Waals surface area (Å²) >= 11 is 0. The summed E-state index contributed by atoms with van der Waals surface area (Å²) < 4.78 is 9.84. The molecule has 1 saturated heterocycles. The largest absolute Gasteiger partial charge is 0.385 e. The zero-order valence-electron chi connectivity index (χ0n) is 15.9. The molecule has 3 rings (SSSR count). The summed E-state index contributed by atoms with van der Waals surface area (Å²) in [7, 11) is 1.70. The molecule has 0 saturated carbocycles. The number of nitrogens with zero attached hydrogens (tertiary/aromatic N) is 5. The van der Waals surface area contributed by atoms with Crippen LogP contribution in [0.25, 0.3) is 11.3 Å². The van der Waals surface area contributed by atoms with Crippen LogP contribution in [0, 0.1) is 5.92 Å². The molecule has 0 radical (unpaired) electrons. The Labute approximate surface area is 153 Å². The summed E-state index contributed by atoms with van der Waals surface area (Å²) in [4.78, 5) is 11.5. The van der Waals surface area contributed by atoms with E-state index >= 15 is 0 Å². The molecular formula is C17H29N7O2. The normalized spacial score (nSPS) is 18.5. The van der Waals surface area contributed by atoms with Crippen molar-refractivity contribution in [2.45, 2.75) is 39.2 Å². The molecule has 0 aliphatic carbocycles. The number of hydrogen-bond donors (Lipinski definition) is 2. The van der Waals surface area contributed by atoms with Gasteiger partial charge in [-0.05, 0) is 55.9 Å². The minimum absolute atomic E-state index is 0.411. The van der Waals surface area contributed by atoms with Crippen molar-refractivity contribution >= 4 is 22.9 Å². The number of aromatic nitrogens is 4. The van der Waals surface area contributed by atoms with Gasteiger partial charge in [0.2, 0.25) is 11.3 Å². The Morgan fingerprint density at radius 2 is 1.92 bits per heavy atom. The van der Waals surface area contributed by atoms with E-state index < -0.39 is 0 Å². The van der Waals surface area contributed by atoms with Crippen molar-refractivity contribution in [3.05, 3.63) is 0 Å². The summed E-state index contributed by atoms with van der Waals surface area (Å²) in [5, 5.41) is 14.4. The van der Waals surface area contributed by atoms with Crippen LogP contribution in [0.2, 0.25) is 0 Å². The molecule has 2 aromatic rings. The molecule has 1 atom stereocenters. The zero-order chi connectivity index (χ0) is 18.4. The van der Waals surface area contributed by atoms with Gasteiger partial charge in [-0.15, -0.1) is 0 Å². The van der Waals surface area contributed by atoms with Crippen LogP contribution in [0.15, 0.2) is 4.63 Å². The number of fused-ring (bicyclic) bond motifs is 1. The van der Waals surface area contributed by atoms with Crippen molar-refractivity contribution in [2.75, 3.05) is 50.5 Å². The molecule has 144 valence electrons. The van der Waals surface area contributed by atoms with Crippen molar-refractivity contribution in [1.82, 2.24) is 25.2 Å². The number of anilines is 2. The lowest BCUT2D eigenvalue weighted by molar-refractivity contribution is 0.145. The van der Waals surface area contributed by atoms with Gasteiger partial charge in [-0.2, -0.15) is 0 Å². The standard InChI is InChI=1S/C17H29N7O2/c1-12(2)24-8-4-6-13(11-24)10-19-15-14(18-7-5-9-25-3)20-16-17(21-15)23-26-22-16/h12-13H,4-11H2,1-3H3,(H,18,20,22)(H,19,21,23)/t13-/m0/s1. The van der Waals surface area contributed by atoms with E-state index in [0.29, 0.717) is 41.5 Å². The average molecular weight is 363 g/mol. The summed E-state index contributed by atoms with van der Waals surface area (Å²) in [5.41, 5.74) is 0.829. The molecule has 9 nitrogen and oxygen atoms in total. The number of ether oxygens (including phenoxy) is 1. The quantitative estimate of drug-likeness (QED) is 0.648. The molecule has 0 aromatic carbocycles. The van der Waals surface area contributed by atoms with Gasteiger partial charge in [0.05, 0.1) is 0 Å². The fourth-order valence-corrected chi connectivity index (χ4v) is 3.28. The number of piperidine rings is 1. The van der Waals surface area contributed by atoms with E-state index in [-0.39, 0.29) is 0 Å². The number of likely N-dealkylation sites (tertiary alicyclic amines) is 1. The Morgan fingerprint density at radius 3 is 2.62 bits per heavy atom. The van der Waals surface area contributed by atoms with Crippen molar-refractivity contribution in [1.29, 1.82) is 0 Å². The maximum Gasteiger partial charge on any atom is 0.245 e. The second-order valence-corrected chi connectivity index (χ2v) is 7.08. The van der Waals surface area contributed by atoms with Gasteiger partial charge in [-0.1, -0.05) is 0 Å². The van der Waals surface area contributed by atoms with Gasteiger partial charge in [-0.3, -0.25) is 0 Å². The van der Waals surface area contributed by atoms with Crippen LogP contribution in [0.3, 0.4) is 0 Å². The van der Waals surface area contributed by atoms with Crippen LogP contribution < -0.4 is 10.6 Å². The molecule has 9 heteroatoms. The molecule has 0 bridgehead atoms. The average Bonchev–Trinajstić information content (AvgIpc) is 3.10. The molecule has 2 aromatic heterocycles. The smallest absolute Gasteiger partial charge is 0.245 e. The summed E-state index contributed by atoms with van der Waals surface area (Å²) in [6, 6.07) is 0.591. The van der Waals surface area contributed by atoms with Crippen LogP contribution in [0.4, 0.5) is 11.6 Å². The van der Waals surface area contributed by atoms with Gasteiger partial charge in [0, 0.05) is 39.4 Å². The lowest BCUT2D eigenvalue weighted by Gasteiger charge is -2.35. The zero-order valence-corrected chi connectivity index (χ0v) is 15.9. The second-order valence-electron chi connectivity index (χ2n) is 7.08. The molecule has 1 aliphatic rings. The van der Waals surface area contributed by atoms with Crippen molar-refractivity contribution < 1.29 is 9.37 Å². The lowest BCUT2D eigenvalue weighted by Crippen LogP contribution is -2.41. The Morgan fingerprint density at radius 1 is 1.19 bits per heavy atom. The van der Waals surface area contributed by atoms with Gasteiger partial charge >= 0.3 is 0 Å². The molecule has 0 spiro atoms. The number of methoxy groups -OCH3 is 1. The van der Waals surface area contributed by atoms with Crippen LogP contribution in [0.5, 0.6) is 0 Å². The monoisotopic (exact) mass is 363 g/mol. The summed E-state index contributed by atoms with van der Waals surface area (Å²) in [6.07, 6.45) is 3.36. The third kappa shape index (κ3) is 4.79. The topological polar surface area (TPSA) is 101 Å². The molecular weight excluding hydrogens is 334 g/mol. The highest BCUT2D eigenvalue weighted by molar-refractivity contribution is 5.73. The lowest BCUT2D eigenvalue weighted by atomic mass is 9.97. The first-order valence-corrected chi connectivity index (χ1v) is 9.38. The third-order valence-electron chi connectivity index (χ3n) is 4.77. The van der Waals surface area contributed by atoms with Gasteiger partial charge < -0.3 is 20.3 Å². The first kappa shape index (κ1) is 18.8. The van der Waals surface area contributed by atoms with E-state index in [1.54, 1.807) is 7.11 Å². The van der Waals surface area contributed by atoms with Gasteiger partial charge in [-0.25, -0.2) is 14.6 Å². The minimum atomic E-state index is 0.411. The Bertz CT molecular complexity index is 691. The van der Waals surface area contributed by atoms with Crippen molar-refractivity contribution in [3.63, 3.8) is 0 Å².